The number of carboxylic acid groups (broad SMARTS) is 1. The van der Waals surface area contributed by atoms with Crippen LogP contribution < -0.4 is 5.84 Å². The van der Waals surface area contributed by atoms with Gasteiger partial charge in [-0.15, -0.1) is 0 Å². The van der Waals surface area contributed by atoms with Crippen molar-refractivity contribution in [1.82, 2.24) is 5.01 Å². The first kappa shape index (κ1) is 12.3. The first-order valence-corrected chi connectivity index (χ1v) is 5.13. The van der Waals surface area contributed by atoms with Crippen molar-refractivity contribution in [2.75, 3.05) is 0 Å². The van der Waals surface area contributed by atoms with Crippen LogP contribution in [0.5, 0.6) is 0 Å². The molecule has 0 saturated carbocycles. The molecule has 0 aromatic heterocycles. The van der Waals surface area contributed by atoms with Gasteiger partial charge in [0.2, 0.25) is 0 Å². The highest BCUT2D eigenvalue weighted by molar-refractivity contribution is 5.93. The summed E-state index contributed by atoms with van der Waals surface area (Å²) in [5, 5.41) is 10.6. The van der Waals surface area contributed by atoms with Crippen LogP contribution in [0.1, 0.15) is 20.3 Å². The molecule has 1 heterocycles. The summed E-state index contributed by atoms with van der Waals surface area (Å²) in [6.45, 7) is 3.74. The number of nitrogens with zero attached hydrogens (tertiary/aromatic N) is 1. The van der Waals surface area contributed by atoms with E-state index in [4.69, 9.17) is 5.84 Å². The van der Waals surface area contributed by atoms with Gasteiger partial charge < -0.3 is 5.11 Å². The normalized spacial score (nSPS) is 18.9. The van der Waals surface area contributed by atoms with Gasteiger partial charge in [-0.2, -0.15) is 0 Å². The fourth-order valence-electron chi connectivity index (χ4n) is 1.60. The summed E-state index contributed by atoms with van der Waals surface area (Å²) < 4.78 is 0. The Bertz CT molecular complexity index is 403. The molecule has 4 nitrogen and oxygen atoms in total. The molecular weight excluding hydrogens is 204 g/mol. The zero-order valence-electron chi connectivity index (χ0n) is 9.47. The third-order valence-corrected chi connectivity index (χ3v) is 2.41. The number of nitrogens with two attached hydrogens (primary N) is 1. The Hall–Kier alpha value is -1.81. The number of carboxylic acids is 1. The van der Waals surface area contributed by atoms with E-state index < -0.39 is 5.97 Å². The third kappa shape index (κ3) is 2.41. The van der Waals surface area contributed by atoms with Gasteiger partial charge in [0.05, 0.1) is 11.3 Å². The Morgan fingerprint density at radius 1 is 1.56 bits per heavy atom. The zero-order chi connectivity index (χ0) is 12.1. The van der Waals surface area contributed by atoms with Crippen molar-refractivity contribution in [3.05, 3.63) is 47.3 Å². The van der Waals surface area contributed by atoms with Crippen molar-refractivity contribution in [3.8, 4) is 0 Å². The van der Waals surface area contributed by atoms with Crippen molar-refractivity contribution < 1.29 is 9.90 Å². The predicted molar refractivity (Wildman–Crippen MR) is 63.0 cm³/mol. The van der Waals surface area contributed by atoms with Crippen molar-refractivity contribution >= 4 is 5.97 Å². The molecule has 16 heavy (non-hydrogen) atoms. The summed E-state index contributed by atoms with van der Waals surface area (Å²) >= 11 is 0. The van der Waals surface area contributed by atoms with Gasteiger partial charge in [0.15, 0.2) is 0 Å². The summed E-state index contributed by atoms with van der Waals surface area (Å²) in [4.78, 5) is 11.3. The molecule has 0 aliphatic carbocycles. The quantitative estimate of drug-likeness (QED) is 0.563. The van der Waals surface area contributed by atoms with Crippen LogP contribution >= 0.6 is 0 Å². The van der Waals surface area contributed by atoms with Crippen molar-refractivity contribution in [2.24, 2.45) is 5.84 Å². The largest absolute Gasteiger partial charge is 0.478 e. The van der Waals surface area contributed by atoms with Crippen molar-refractivity contribution in [3.63, 3.8) is 0 Å². The monoisotopic (exact) mass is 220 g/mol. The van der Waals surface area contributed by atoms with E-state index in [-0.39, 0.29) is 5.57 Å². The summed E-state index contributed by atoms with van der Waals surface area (Å²) in [6, 6.07) is 0. The van der Waals surface area contributed by atoms with E-state index in [9.17, 15) is 9.90 Å². The molecule has 0 aromatic rings. The maximum Gasteiger partial charge on any atom is 0.338 e. The van der Waals surface area contributed by atoms with Gasteiger partial charge in [-0.05, 0) is 31.1 Å². The van der Waals surface area contributed by atoms with E-state index in [0.717, 1.165) is 5.57 Å². The van der Waals surface area contributed by atoms with Crippen LogP contribution in [0.15, 0.2) is 47.3 Å². The second kappa shape index (κ2) is 5.32. The van der Waals surface area contributed by atoms with Crippen LogP contribution in [0.3, 0.4) is 0 Å². The maximum atomic E-state index is 11.3. The first-order valence-electron chi connectivity index (χ1n) is 5.13. The third-order valence-electron chi connectivity index (χ3n) is 2.41. The number of aliphatic carboxylic acids is 1. The van der Waals surface area contributed by atoms with Gasteiger partial charge in [-0.1, -0.05) is 19.1 Å². The molecule has 0 unspecified atom stereocenters. The fourth-order valence-corrected chi connectivity index (χ4v) is 1.60. The second-order valence-corrected chi connectivity index (χ2v) is 3.34. The lowest BCUT2D eigenvalue weighted by Crippen LogP contribution is -2.27. The highest BCUT2D eigenvalue weighted by Crippen LogP contribution is 2.22. The van der Waals surface area contributed by atoms with Gasteiger partial charge in [-0.25, -0.2) is 10.6 Å². The summed E-state index contributed by atoms with van der Waals surface area (Å²) in [6.07, 6.45) is 9.31. The lowest BCUT2D eigenvalue weighted by Gasteiger charge is -2.21. The molecule has 4 heteroatoms. The minimum Gasteiger partial charge on any atom is -0.478 e. The van der Waals surface area contributed by atoms with Crippen molar-refractivity contribution in [1.29, 1.82) is 0 Å². The molecule has 0 saturated heterocycles. The van der Waals surface area contributed by atoms with Crippen LogP contribution in [-0.4, -0.2) is 16.1 Å². The van der Waals surface area contributed by atoms with E-state index in [1.807, 2.05) is 13.8 Å². The van der Waals surface area contributed by atoms with Crippen LogP contribution in [0.4, 0.5) is 0 Å². The van der Waals surface area contributed by atoms with Crippen molar-refractivity contribution in [2.45, 2.75) is 20.3 Å². The minimum atomic E-state index is -0.958. The standard InChI is InChI=1S/C12H16N2O2/c1-3-9(4-2)11(12(15)16)10-7-5-6-8-14(10)13/h3,5-8H,4,13H2,1-2H3,(H,15,16)/b9-3-,11-10+. The highest BCUT2D eigenvalue weighted by Gasteiger charge is 2.19. The topological polar surface area (TPSA) is 66.6 Å². The number of carbonyl (C=O) groups is 1. The Kier molecular flexibility index (Phi) is 4.08. The van der Waals surface area contributed by atoms with E-state index in [0.29, 0.717) is 12.1 Å². The van der Waals surface area contributed by atoms with E-state index in [1.165, 1.54) is 5.01 Å². The van der Waals surface area contributed by atoms with E-state index in [2.05, 4.69) is 0 Å². The molecule has 1 aliphatic rings. The van der Waals surface area contributed by atoms with E-state index in [1.54, 1.807) is 30.5 Å². The van der Waals surface area contributed by atoms with Gasteiger partial charge in [0.1, 0.15) is 0 Å². The number of hydrogen-bond donors (Lipinski definition) is 2. The minimum absolute atomic E-state index is 0.258. The number of allylic oxidation sites excluding steroid dienone is 4. The first-order chi connectivity index (χ1) is 7.61. The molecule has 0 aromatic carbocycles. The van der Waals surface area contributed by atoms with Gasteiger partial charge >= 0.3 is 5.97 Å². The molecule has 86 valence electrons. The molecule has 3 N–H and O–H groups in total. The Morgan fingerprint density at radius 3 is 2.69 bits per heavy atom. The van der Waals surface area contributed by atoms with Gasteiger partial charge in [0.25, 0.3) is 0 Å². The van der Waals surface area contributed by atoms with Crippen LogP contribution in [0.25, 0.3) is 0 Å². The Balaban J connectivity index is 3.30. The summed E-state index contributed by atoms with van der Waals surface area (Å²) in [7, 11) is 0. The lowest BCUT2D eigenvalue weighted by atomic mass is 10.00. The average molecular weight is 220 g/mol. The lowest BCUT2D eigenvalue weighted by molar-refractivity contribution is -0.132. The van der Waals surface area contributed by atoms with Crippen LogP contribution in [-0.2, 0) is 4.79 Å². The maximum absolute atomic E-state index is 11.3. The molecule has 0 atom stereocenters. The SMILES string of the molecule is C/C=C(CC)\C(C(=O)O)=C1\C=CC=CN1N. The molecule has 1 aliphatic heterocycles. The number of rotatable bonds is 3. The fraction of sp³-hybridized carbons (Fsp3) is 0.250. The molecule has 0 radical (unpaired) electrons. The van der Waals surface area contributed by atoms with Crippen LogP contribution in [0, 0.1) is 0 Å². The van der Waals surface area contributed by atoms with Gasteiger partial charge in [0, 0.05) is 6.20 Å². The predicted octanol–water partition coefficient (Wildman–Crippen LogP) is 1.94. The Morgan fingerprint density at radius 2 is 2.25 bits per heavy atom. The second-order valence-electron chi connectivity index (χ2n) is 3.34. The van der Waals surface area contributed by atoms with Crippen LogP contribution in [0.2, 0.25) is 0 Å². The molecular formula is C12H16N2O2. The molecule has 0 amide bonds. The highest BCUT2D eigenvalue weighted by atomic mass is 16.4. The summed E-state index contributed by atoms with van der Waals surface area (Å²) in [5.74, 6) is 4.75. The Labute approximate surface area is 95.0 Å². The summed E-state index contributed by atoms with van der Waals surface area (Å²) in [5.41, 5.74) is 1.54. The molecule has 1 rings (SSSR count). The smallest absolute Gasteiger partial charge is 0.338 e. The number of hydrogen-bond acceptors (Lipinski definition) is 3. The van der Waals surface area contributed by atoms with Gasteiger partial charge in [-0.3, -0.25) is 5.01 Å². The molecule has 0 bridgehead atoms. The molecule has 0 spiro atoms. The van der Waals surface area contributed by atoms with E-state index >= 15 is 0 Å². The number of hydrazine groups is 1. The average Bonchev–Trinajstić information content (AvgIpc) is 2.27. The molecule has 0 fully saturated rings. The zero-order valence-corrected chi connectivity index (χ0v) is 9.47.